The summed E-state index contributed by atoms with van der Waals surface area (Å²) in [6.07, 6.45) is -4.93. The van der Waals surface area contributed by atoms with Crippen LogP contribution in [0.4, 0.5) is 22.0 Å². The monoisotopic (exact) mass is 424 g/mol. The van der Waals surface area contributed by atoms with E-state index in [2.05, 4.69) is 10.6 Å². The fourth-order valence-electron chi connectivity index (χ4n) is 2.77. The molecular formula is C19H25F5N2O3. The number of nitrogens with one attached hydrogen (secondary N) is 2. The minimum absolute atomic E-state index is 0.00335. The van der Waals surface area contributed by atoms with Gasteiger partial charge in [-0.15, -0.1) is 0 Å². The summed E-state index contributed by atoms with van der Waals surface area (Å²) < 4.78 is 70.1. The number of hydrogen-bond acceptors (Lipinski definition) is 4. The van der Waals surface area contributed by atoms with Crippen LogP contribution in [0.5, 0.6) is 0 Å². The molecule has 29 heavy (non-hydrogen) atoms. The quantitative estimate of drug-likeness (QED) is 0.446. The molecule has 1 aromatic rings. The van der Waals surface area contributed by atoms with Crippen LogP contribution >= 0.6 is 0 Å². The third-order valence-corrected chi connectivity index (χ3v) is 3.96. The summed E-state index contributed by atoms with van der Waals surface area (Å²) in [5.41, 5.74) is -0.113. The van der Waals surface area contributed by atoms with Gasteiger partial charge in [0.25, 0.3) is 0 Å². The van der Waals surface area contributed by atoms with Gasteiger partial charge >= 0.3 is 12.1 Å². The van der Waals surface area contributed by atoms with E-state index in [9.17, 15) is 31.5 Å². The SMILES string of the molecule is CC(=O)NC(CC[C@H](CNCC(F)(F)F)c1cccc(F)c1F)C(=O)OC(C)C. The maximum Gasteiger partial charge on any atom is 0.401 e. The Balaban J connectivity index is 2.97. The highest BCUT2D eigenvalue weighted by molar-refractivity contribution is 5.83. The third kappa shape index (κ3) is 9.21. The van der Waals surface area contributed by atoms with Crippen molar-refractivity contribution < 1.29 is 36.3 Å². The van der Waals surface area contributed by atoms with Crippen LogP contribution in [0.3, 0.4) is 0 Å². The molecule has 0 aliphatic heterocycles. The Morgan fingerprint density at radius 2 is 1.79 bits per heavy atom. The van der Waals surface area contributed by atoms with E-state index in [0.29, 0.717) is 0 Å². The maximum atomic E-state index is 14.2. The number of hydrogen-bond donors (Lipinski definition) is 2. The second-order valence-corrected chi connectivity index (χ2v) is 6.90. The first-order chi connectivity index (χ1) is 13.4. The van der Waals surface area contributed by atoms with Crippen molar-refractivity contribution in [3.63, 3.8) is 0 Å². The molecule has 0 fully saturated rings. The number of carbonyl (C=O) groups is 2. The number of halogens is 5. The van der Waals surface area contributed by atoms with Crippen LogP contribution in [0.15, 0.2) is 18.2 Å². The van der Waals surface area contributed by atoms with Crippen molar-refractivity contribution in [2.75, 3.05) is 13.1 Å². The number of amides is 1. The molecule has 1 aromatic carbocycles. The lowest BCUT2D eigenvalue weighted by Crippen LogP contribution is -2.42. The first-order valence-corrected chi connectivity index (χ1v) is 9.09. The molecule has 1 amide bonds. The smallest absolute Gasteiger partial charge is 0.401 e. The summed E-state index contributed by atoms with van der Waals surface area (Å²) in [7, 11) is 0. The van der Waals surface area contributed by atoms with Gasteiger partial charge in [0.05, 0.1) is 12.6 Å². The summed E-state index contributed by atoms with van der Waals surface area (Å²) in [6, 6.07) is 2.37. The molecule has 1 rings (SSSR count). The lowest BCUT2D eigenvalue weighted by molar-refractivity contribution is -0.151. The predicted octanol–water partition coefficient (Wildman–Crippen LogP) is 3.44. The van der Waals surface area contributed by atoms with Crippen molar-refractivity contribution >= 4 is 11.9 Å². The van der Waals surface area contributed by atoms with Crippen LogP contribution in [0.2, 0.25) is 0 Å². The Morgan fingerprint density at radius 1 is 1.14 bits per heavy atom. The number of rotatable bonds is 10. The van der Waals surface area contributed by atoms with Crippen LogP contribution in [0.25, 0.3) is 0 Å². The van der Waals surface area contributed by atoms with E-state index in [4.69, 9.17) is 4.74 Å². The topological polar surface area (TPSA) is 67.4 Å². The second-order valence-electron chi connectivity index (χ2n) is 6.90. The molecule has 10 heteroatoms. The van der Waals surface area contributed by atoms with Crippen molar-refractivity contribution in [2.45, 2.75) is 57.9 Å². The molecule has 0 heterocycles. The zero-order valence-corrected chi connectivity index (χ0v) is 16.4. The van der Waals surface area contributed by atoms with E-state index in [1.807, 2.05) is 0 Å². The fourth-order valence-corrected chi connectivity index (χ4v) is 2.77. The summed E-state index contributed by atoms with van der Waals surface area (Å²) >= 11 is 0. The highest BCUT2D eigenvalue weighted by Crippen LogP contribution is 2.26. The molecule has 0 saturated carbocycles. The van der Waals surface area contributed by atoms with E-state index in [1.165, 1.54) is 19.1 Å². The Hall–Kier alpha value is -2.23. The average Bonchev–Trinajstić information content (AvgIpc) is 2.57. The molecular weight excluding hydrogens is 399 g/mol. The predicted molar refractivity (Wildman–Crippen MR) is 96.1 cm³/mol. The van der Waals surface area contributed by atoms with Crippen molar-refractivity contribution in [2.24, 2.45) is 0 Å². The number of benzene rings is 1. The van der Waals surface area contributed by atoms with Crippen molar-refractivity contribution in [1.29, 1.82) is 0 Å². The third-order valence-electron chi connectivity index (χ3n) is 3.96. The lowest BCUT2D eigenvalue weighted by atomic mass is 9.91. The first kappa shape index (κ1) is 24.8. The molecule has 5 nitrogen and oxygen atoms in total. The molecule has 0 aromatic heterocycles. The molecule has 0 aliphatic carbocycles. The molecule has 0 saturated heterocycles. The van der Waals surface area contributed by atoms with Gasteiger partial charge in [0.2, 0.25) is 5.91 Å². The van der Waals surface area contributed by atoms with Crippen molar-refractivity contribution in [3.05, 3.63) is 35.4 Å². The normalized spacial score (nSPS) is 13.8. The molecule has 0 bridgehead atoms. The number of carbonyl (C=O) groups excluding carboxylic acids is 2. The van der Waals surface area contributed by atoms with Crippen molar-refractivity contribution in [1.82, 2.24) is 10.6 Å². The lowest BCUT2D eigenvalue weighted by Gasteiger charge is -2.23. The molecule has 164 valence electrons. The van der Waals surface area contributed by atoms with E-state index >= 15 is 0 Å². The molecule has 0 radical (unpaired) electrons. The van der Waals surface area contributed by atoms with Crippen LogP contribution in [0.1, 0.15) is 45.1 Å². The Bertz CT molecular complexity index is 695. The van der Waals surface area contributed by atoms with Gasteiger partial charge in [-0.1, -0.05) is 12.1 Å². The fraction of sp³-hybridized carbons (Fsp3) is 0.579. The van der Waals surface area contributed by atoms with Gasteiger partial charge in [0, 0.05) is 13.5 Å². The number of alkyl halides is 3. The van der Waals surface area contributed by atoms with Crippen molar-refractivity contribution in [3.8, 4) is 0 Å². The summed E-state index contributed by atoms with van der Waals surface area (Å²) in [6.45, 7) is 2.84. The van der Waals surface area contributed by atoms with Gasteiger partial charge in [0.1, 0.15) is 6.04 Å². The highest BCUT2D eigenvalue weighted by atomic mass is 19.4. The minimum atomic E-state index is -4.47. The van der Waals surface area contributed by atoms with E-state index < -0.39 is 54.3 Å². The number of esters is 1. The molecule has 1 unspecified atom stereocenters. The second kappa shape index (κ2) is 11.1. The molecule has 2 N–H and O–H groups in total. The molecule has 2 atom stereocenters. The maximum absolute atomic E-state index is 14.2. The van der Waals surface area contributed by atoms with E-state index in [0.717, 1.165) is 6.07 Å². The van der Waals surface area contributed by atoms with Gasteiger partial charge in [-0.25, -0.2) is 13.6 Å². The van der Waals surface area contributed by atoms with Gasteiger partial charge in [-0.05, 0) is 44.2 Å². The summed E-state index contributed by atoms with van der Waals surface area (Å²) in [4.78, 5) is 23.5. The van der Waals surface area contributed by atoms with Crippen LogP contribution < -0.4 is 10.6 Å². The van der Waals surface area contributed by atoms with E-state index in [-0.39, 0.29) is 24.9 Å². The average molecular weight is 424 g/mol. The molecule has 0 spiro atoms. The highest BCUT2D eigenvalue weighted by Gasteiger charge is 2.29. The minimum Gasteiger partial charge on any atom is -0.461 e. The van der Waals surface area contributed by atoms with Gasteiger partial charge in [-0.3, -0.25) is 4.79 Å². The standard InChI is InChI=1S/C19H25F5N2O3/c1-11(2)29-18(28)16(26-12(3)27)8-7-13(9-25-10-19(22,23)24)14-5-4-6-15(20)17(14)21/h4-6,11,13,16,25H,7-10H2,1-3H3,(H,26,27)/t13-,16?/m1/s1. The van der Waals surface area contributed by atoms with Crippen LogP contribution in [-0.2, 0) is 14.3 Å². The Labute approximate surface area is 166 Å². The summed E-state index contributed by atoms with van der Waals surface area (Å²) in [5.74, 6) is -4.36. The zero-order valence-electron chi connectivity index (χ0n) is 16.4. The van der Waals surface area contributed by atoms with Crippen LogP contribution in [0, 0.1) is 11.6 Å². The summed E-state index contributed by atoms with van der Waals surface area (Å²) in [5, 5.41) is 4.60. The Kier molecular flexibility index (Phi) is 9.48. The largest absolute Gasteiger partial charge is 0.461 e. The van der Waals surface area contributed by atoms with Gasteiger partial charge in [-0.2, -0.15) is 13.2 Å². The van der Waals surface area contributed by atoms with Crippen LogP contribution in [-0.4, -0.2) is 43.3 Å². The zero-order chi connectivity index (χ0) is 22.2. The van der Waals surface area contributed by atoms with Gasteiger partial charge in [0.15, 0.2) is 11.6 Å². The molecule has 0 aliphatic rings. The first-order valence-electron chi connectivity index (χ1n) is 9.09. The Morgan fingerprint density at radius 3 is 2.34 bits per heavy atom. The number of ether oxygens (including phenoxy) is 1. The van der Waals surface area contributed by atoms with Gasteiger partial charge < -0.3 is 15.4 Å². The van der Waals surface area contributed by atoms with E-state index in [1.54, 1.807) is 13.8 Å².